The predicted octanol–water partition coefficient (Wildman–Crippen LogP) is 2.91. The van der Waals surface area contributed by atoms with Gasteiger partial charge in [-0.1, -0.05) is 12.2 Å². The van der Waals surface area contributed by atoms with Gasteiger partial charge in [0.1, 0.15) is 5.75 Å². The highest BCUT2D eigenvalue weighted by Crippen LogP contribution is 2.24. The SMILES string of the molecule is C=CCN(CC=C)CC(=O)c1ccc(OC(C)C)c(N)c1. The molecule has 0 atom stereocenters. The van der Waals surface area contributed by atoms with E-state index < -0.39 is 0 Å². The van der Waals surface area contributed by atoms with Gasteiger partial charge in [0.25, 0.3) is 0 Å². The Morgan fingerprint density at radius 2 is 1.95 bits per heavy atom. The van der Waals surface area contributed by atoms with E-state index in [-0.39, 0.29) is 11.9 Å². The zero-order valence-electron chi connectivity index (χ0n) is 12.8. The summed E-state index contributed by atoms with van der Waals surface area (Å²) in [5, 5.41) is 0. The van der Waals surface area contributed by atoms with Crippen LogP contribution in [0.2, 0.25) is 0 Å². The lowest BCUT2D eigenvalue weighted by Gasteiger charge is -2.18. The van der Waals surface area contributed by atoms with Crippen LogP contribution in [0.1, 0.15) is 24.2 Å². The van der Waals surface area contributed by atoms with E-state index >= 15 is 0 Å². The van der Waals surface area contributed by atoms with Crippen LogP contribution in [0.25, 0.3) is 0 Å². The number of nitrogens with zero attached hydrogens (tertiary/aromatic N) is 1. The van der Waals surface area contributed by atoms with E-state index in [4.69, 9.17) is 10.5 Å². The number of carbonyl (C=O) groups is 1. The van der Waals surface area contributed by atoms with Gasteiger partial charge in [-0.25, -0.2) is 0 Å². The van der Waals surface area contributed by atoms with Crippen molar-refractivity contribution in [1.29, 1.82) is 0 Å². The Morgan fingerprint density at radius 1 is 1.33 bits per heavy atom. The molecule has 0 aromatic heterocycles. The molecule has 4 heteroatoms. The topological polar surface area (TPSA) is 55.6 Å². The molecule has 2 N–H and O–H groups in total. The molecule has 0 saturated carbocycles. The van der Waals surface area contributed by atoms with Crippen molar-refractivity contribution < 1.29 is 9.53 Å². The maximum atomic E-state index is 12.3. The first-order valence-corrected chi connectivity index (χ1v) is 7.01. The molecule has 0 fully saturated rings. The summed E-state index contributed by atoms with van der Waals surface area (Å²) in [6.07, 6.45) is 3.58. The van der Waals surface area contributed by atoms with E-state index in [9.17, 15) is 4.79 Å². The molecule has 0 bridgehead atoms. The number of Topliss-reactive ketones (excluding diaryl/α,β-unsaturated/α-hetero) is 1. The van der Waals surface area contributed by atoms with Crippen LogP contribution in [0.15, 0.2) is 43.5 Å². The molecule has 0 aliphatic heterocycles. The van der Waals surface area contributed by atoms with Crippen molar-refractivity contribution in [1.82, 2.24) is 4.90 Å². The fraction of sp³-hybridized carbons (Fsp3) is 0.353. The van der Waals surface area contributed by atoms with E-state index in [1.165, 1.54) is 0 Å². The molecule has 21 heavy (non-hydrogen) atoms. The summed E-state index contributed by atoms with van der Waals surface area (Å²) >= 11 is 0. The minimum Gasteiger partial charge on any atom is -0.489 e. The van der Waals surface area contributed by atoms with Crippen molar-refractivity contribution in [2.24, 2.45) is 0 Å². The molecule has 0 heterocycles. The molecule has 0 saturated heterocycles. The molecule has 4 nitrogen and oxygen atoms in total. The molecule has 0 aliphatic rings. The Balaban J connectivity index is 2.80. The zero-order valence-corrected chi connectivity index (χ0v) is 12.8. The van der Waals surface area contributed by atoms with Crippen molar-refractivity contribution in [3.05, 3.63) is 49.1 Å². The molecule has 1 aromatic rings. The highest BCUT2D eigenvalue weighted by molar-refractivity contribution is 5.98. The van der Waals surface area contributed by atoms with Gasteiger partial charge >= 0.3 is 0 Å². The molecule has 0 spiro atoms. The standard InChI is InChI=1S/C17H24N2O2/c1-5-9-19(10-6-2)12-16(20)14-7-8-17(15(18)11-14)21-13(3)4/h5-8,11,13H,1-2,9-10,12,18H2,3-4H3. The van der Waals surface area contributed by atoms with E-state index in [1.807, 2.05) is 18.7 Å². The van der Waals surface area contributed by atoms with Gasteiger partial charge in [-0.2, -0.15) is 0 Å². The Bertz CT molecular complexity index is 500. The van der Waals surface area contributed by atoms with Crippen LogP contribution in [-0.2, 0) is 0 Å². The van der Waals surface area contributed by atoms with Crippen molar-refractivity contribution in [3.8, 4) is 5.75 Å². The number of hydrogen-bond acceptors (Lipinski definition) is 4. The molecule has 1 aromatic carbocycles. The quantitative estimate of drug-likeness (QED) is 0.431. The first-order chi connectivity index (χ1) is 9.97. The molecule has 114 valence electrons. The third-order valence-corrected chi connectivity index (χ3v) is 2.84. The number of carbonyl (C=O) groups excluding carboxylic acids is 1. The van der Waals surface area contributed by atoms with Crippen molar-refractivity contribution >= 4 is 11.5 Å². The number of anilines is 1. The van der Waals surface area contributed by atoms with Gasteiger partial charge in [0, 0.05) is 18.7 Å². The number of nitrogen functional groups attached to an aromatic ring is 1. The Morgan fingerprint density at radius 3 is 2.43 bits per heavy atom. The van der Waals surface area contributed by atoms with Gasteiger partial charge in [-0.15, -0.1) is 13.2 Å². The molecule has 0 amide bonds. The van der Waals surface area contributed by atoms with E-state index in [0.29, 0.717) is 36.6 Å². The lowest BCUT2D eigenvalue weighted by atomic mass is 10.1. The molecule has 0 unspecified atom stereocenters. The first kappa shape index (κ1) is 17.0. The zero-order chi connectivity index (χ0) is 15.8. The number of rotatable bonds is 9. The number of benzene rings is 1. The van der Waals surface area contributed by atoms with Crippen LogP contribution >= 0.6 is 0 Å². The Hall–Kier alpha value is -2.07. The Labute approximate surface area is 126 Å². The first-order valence-electron chi connectivity index (χ1n) is 7.01. The van der Waals surface area contributed by atoms with Crippen LogP contribution in [0.5, 0.6) is 5.75 Å². The van der Waals surface area contributed by atoms with E-state index in [0.717, 1.165) is 0 Å². The minimum absolute atomic E-state index is 0.0153. The summed E-state index contributed by atoms with van der Waals surface area (Å²) in [5.74, 6) is 0.622. The van der Waals surface area contributed by atoms with Crippen LogP contribution in [-0.4, -0.2) is 36.4 Å². The lowest BCUT2D eigenvalue weighted by molar-refractivity contribution is 0.0945. The number of ketones is 1. The summed E-state index contributed by atoms with van der Waals surface area (Å²) in [7, 11) is 0. The molecular formula is C17H24N2O2. The second kappa shape index (κ2) is 8.27. The summed E-state index contributed by atoms with van der Waals surface area (Å²) in [4.78, 5) is 14.2. The smallest absolute Gasteiger partial charge is 0.176 e. The van der Waals surface area contributed by atoms with Gasteiger partial charge in [0.2, 0.25) is 0 Å². The second-order valence-electron chi connectivity index (χ2n) is 5.11. The highest BCUT2D eigenvalue weighted by Gasteiger charge is 2.13. The maximum absolute atomic E-state index is 12.3. The number of hydrogen-bond donors (Lipinski definition) is 1. The van der Waals surface area contributed by atoms with Gasteiger partial charge in [-0.3, -0.25) is 9.69 Å². The van der Waals surface area contributed by atoms with Crippen LogP contribution in [0.3, 0.4) is 0 Å². The lowest BCUT2D eigenvalue weighted by Crippen LogP contribution is -2.30. The summed E-state index contributed by atoms with van der Waals surface area (Å²) in [6, 6.07) is 5.16. The average molecular weight is 288 g/mol. The van der Waals surface area contributed by atoms with Gasteiger partial charge < -0.3 is 10.5 Å². The van der Waals surface area contributed by atoms with Gasteiger partial charge in [0.05, 0.1) is 18.3 Å². The number of nitrogens with two attached hydrogens (primary N) is 1. The molecule has 0 radical (unpaired) electrons. The fourth-order valence-electron chi connectivity index (χ4n) is 1.95. The normalized spacial score (nSPS) is 10.7. The highest BCUT2D eigenvalue weighted by atomic mass is 16.5. The third kappa shape index (κ3) is 5.44. The monoisotopic (exact) mass is 288 g/mol. The van der Waals surface area contributed by atoms with Gasteiger partial charge in [-0.05, 0) is 32.0 Å². The molecular weight excluding hydrogens is 264 g/mol. The molecule has 0 aliphatic carbocycles. The van der Waals surface area contributed by atoms with Gasteiger partial charge in [0.15, 0.2) is 5.78 Å². The van der Waals surface area contributed by atoms with Crippen LogP contribution in [0, 0.1) is 0 Å². The fourth-order valence-corrected chi connectivity index (χ4v) is 1.95. The van der Waals surface area contributed by atoms with E-state index in [1.54, 1.807) is 30.4 Å². The average Bonchev–Trinajstić information content (AvgIpc) is 2.41. The van der Waals surface area contributed by atoms with Crippen LogP contribution in [0.4, 0.5) is 5.69 Å². The Kier molecular flexibility index (Phi) is 6.69. The minimum atomic E-state index is 0.0153. The molecule has 1 rings (SSSR count). The van der Waals surface area contributed by atoms with Crippen molar-refractivity contribution in [2.75, 3.05) is 25.4 Å². The van der Waals surface area contributed by atoms with E-state index in [2.05, 4.69) is 13.2 Å². The summed E-state index contributed by atoms with van der Waals surface area (Å²) in [5.41, 5.74) is 7.00. The summed E-state index contributed by atoms with van der Waals surface area (Å²) in [6.45, 7) is 12.8. The summed E-state index contributed by atoms with van der Waals surface area (Å²) < 4.78 is 5.56. The maximum Gasteiger partial charge on any atom is 0.176 e. The third-order valence-electron chi connectivity index (χ3n) is 2.84. The van der Waals surface area contributed by atoms with Crippen molar-refractivity contribution in [3.63, 3.8) is 0 Å². The largest absolute Gasteiger partial charge is 0.489 e. The number of ether oxygens (including phenoxy) is 1. The predicted molar refractivity (Wildman–Crippen MR) is 87.8 cm³/mol. The van der Waals surface area contributed by atoms with Crippen molar-refractivity contribution in [2.45, 2.75) is 20.0 Å². The van der Waals surface area contributed by atoms with Crippen LogP contribution < -0.4 is 10.5 Å². The second-order valence-corrected chi connectivity index (χ2v) is 5.11.